The van der Waals surface area contributed by atoms with Crippen molar-refractivity contribution >= 4 is 5.97 Å². The molecule has 4 heteroatoms. The van der Waals surface area contributed by atoms with Crippen LogP contribution in [0.4, 0.5) is 0 Å². The van der Waals surface area contributed by atoms with E-state index in [0.29, 0.717) is 6.54 Å². The Kier molecular flexibility index (Phi) is 3.90. The molecule has 0 spiro atoms. The molecule has 1 fully saturated rings. The topological polar surface area (TPSA) is 53.3 Å². The first-order valence-corrected chi connectivity index (χ1v) is 4.90. The van der Waals surface area contributed by atoms with E-state index in [1.165, 1.54) is 7.11 Å². The third kappa shape index (κ3) is 2.46. The normalized spacial score (nSPS) is 25.1. The second-order valence-corrected chi connectivity index (χ2v) is 3.66. The molecule has 1 rings (SSSR count). The van der Waals surface area contributed by atoms with Crippen molar-refractivity contribution in [2.75, 3.05) is 20.2 Å². The number of carbonyl (C=O) groups excluding carboxylic acids is 1. The molecule has 2 atom stereocenters. The molecule has 0 saturated carbocycles. The van der Waals surface area contributed by atoms with Gasteiger partial charge in [0.25, 0.3) is 0 Å². The summed E-state index contributed by atoms with van der Waals surface area (Å²) in [5, 5.41) is 8.79. The first kappa shape index (κ1) is 11.0. The van der Waals surface area contributed by atoms with Crippen molar-refractivity contribution in [2.45, 2.75) is 25.8 Å². The molecule has 1 aliphatic rings. The average molecular weight is 196 g/mol. The van der Waals surface area contributed by atoms with E-state index in [1.807, 2.05) is 11.8 Å². The van der Waals surface area contributed by atoms with Gasteiger partial charge in [-0.2, -0.15) is 5.26 Å². The van der Waals surface area contributed by atoms with E-state index in [1.54, 1.807) is 0 Å². The van der Waals surface area contributed by atoms with Crippen molar-refractivity contribution in [3.63, 3.8) is 0 Å². The standard InChI is InChI=1S/C10H16N2O2/c1-8(10(13)14-2)12-5-3-4-9(6-11)7-12/h8-9H,3-5,7H2,1-2H3. The highest BCUT2D eigenvalue weighted by atomic mass is 16.5. The molecule has 2 unspecified atom stereocenters. The molecule has 0 aromatic carbocycles. The molecule has 78 valence electrons. The molecule has 0 aromatic rings. The minimum atomic E-state index is -0.226. The molecule has 0 radical (unpaired) electrons. The maximum Gasteiger partial charge on any atom is 0.322 e. The largest absolute Gasteiger partial charge is 0.468 e. The Morgan fingerprint density at radius 2 is 2.43 bits per heavy atom. The van der Waals surface area contributed by atoms with Crippen molar-refractivity contribution in [1.29, 1.82) is 5.26 Å². The first-order chi connectivity index (χ1) is 6.69. The van der Waals surface area contributed by atoms with E-state index in [9.17, 15) is 4.79 Å². The Hall–Kier alpha value is -1.08. The Labute approximate surface area is 84.4 Å². The Bertz CT molecular complexity index is 247. The maximum atomic E-state index is 11.3. The van der Waals surface area contributed by atoms with Crippen LogP contribution >= 0.6 is 0 Å². The highest BCUT2D eigenvalue weighted by Gasteiger charge is 2.27. The zero-order valence-electron chi connectivity index (χ0n) is 8.69. The monoisotopic (exact) mass is 196 g/mol. The van der Waals surface area contributed by atoms with Crippen molar-refractivity contribution in [1.82, 2.24) is 4.90 Å². The second-order valence-electron chi connectivity index (χ2n) is 3.66. The lowest BCUT2D eigenvalue weighted by Gasteiger charge is -2.32. The number of piperidine rings is 1. The van der Waals surface area contributed by atoms with Gasteiger partial charge in [-0.15, -0.1) is 0 Å². The van der Waals surface area contributed by atoms with E-state index in [0.717, 1.165) is 19.4 Å². The maximum absolute atomic E-state index is 11.3. The first-order valence-electron chi connectivity index (χ1n) is 4.90. The van der Waals surface area contributed by atoms with E-state index in [4.69, 9.17) is 5.26 Å². The summed E-state index contributed by atoms with van der Waals surface area (Å²) < 4.78 is 4.67. The minimum absolute atomic E-state index is 0.0656. The molecule has 0 N–H and O–H groups in total. The van der Waals surface area contributed by atoms with Gasteiger partial charge < -0.3 is 4.74 Å². The predicted octanol–water partition coefficient (Wildman–Crippen LogP) is 0.783. The number of likely N-dealkylation sites (tertiary alicyclic amines) is 1. The van der Waals surface area contributed by atoms with Crippen LogP contribution in [0.3, 0.4) is 0 Å². The molecule has 1 heterocycles. The Balaban J connectivity index is 2.52. The van der Waals surface area contributed by atoms with E-state index < -0.39 is 0 Å². The Morgan fingerprint density at radius 3 is 3.00 bits per heavy atom. The van der Waals surface area contributed by atoms with Gasteiger partial charge in [0.15, 0.2) is 0 Å². The van der Waals surface area contributed by atoms with Crippen LogP contribution in [0.2, 0.25) is 0 Å². The van der Waals surface area contributed by atoms with Crippen molar-refractivity contribution < 1.29 is 9.53 Å². The van der Waals surface area contributed by atoms with Crippen LogP contribution in [0.5, 0.6) is 0 Å². The van der Waals surface area contributed by atoms with Gasteiger partial charge >= 0.3 is 5.97 Å². The van der Waals surface area contributed by atoms with Crippen LogP contribution in [0.15, 0.2) is 0 Å². The zero-order valence-corrected chi connectivity index (χ0v) is 8.69. The van der Waals surface area contributed by atoms with Gasteiger partial charge in [-0.25, -0.2) is 0 Å². The number of nitriles is 1. The lowest BCUT2D eigenvalue weighted by molar-refractivity contribution is -0.146. The van der Waals surface area contributed by atoms with Gasteiger partial charge in [0.1, 0.15) is 6.04 Å². The number of esters is 1. The molecule has 1 aliphatic heterocycles. The van der Waals surface area contributed by atoms with Crippen LogP contribution in [-0.4, -0.2) is 37.1 Å². The smallest absolute Gasteiger partial charge is 0.322 e. The molecule has 14 heavy (non-hydrogen) atoms. The number of methoxy groups -OCH3 is 1. The number of hydrogen-bond acceptors (Lipinski definition) is 4. The number of carbonyl (C=O) groups is 1. The van der Waals surface area contributed by atoms with Crippen LogP contribution in [0.25, 0.3) is 0 Å². The predicted molar refractivity (Wildman–Crippen MR) is 51.4 cm³/mol. The average Bonchev–Trinajstić information content (AvgIpc) is 2.27. The summed E-state index contributed by atoms with van der Waals surface area (Å²) >= 11 is 0. The SMILES string of the molecule is COC(=O)C(C)N1CCCC(C#N)C1. The highest BCUT2D eigenvalue weighted by Crippen LogP contribution is 2.17. The summed E-state index contributed by atoms with van der Waals surface area (Å²) in [5.41, 5.74) is 0. The number of ether oxygens (including phenoxy) is 1. The van der Waals surface area contributed by atoms with E-state index in [-0.39, 0.29) is 17.9 Å². The molecular weight excluding hydrogens is 180 g/mol. The third-order valence-electron chi connectivity index (χ3n) is 2.73. The highest BCUT2D eigenvalue weighted by molar-refractivity contribution is 5.75. The van der Waals surface area contributed by atoms with Gasteiger partial charge in [0.2, 0.25) is 0 Å². The summed E-state index contributed by atoms with van der Waals surface area (Å²) in [4.78, 5) is 13.3. The summed E-state index contributed by atoms with van der Waals surface area (Å²) in [7, 11) is 1.39. The quantitative estimate of drug-likeness (QED) is 0.612. The fourth-order valence-electron chi connectivity index (χ4n) is 1.78. The molecule has 0 aliphatic carbocycles. The summed E-state index contributed by atoms with van der Waals surface area (Å²) in [6, 6.07) is 2.03. The Morgan fingerprint density at radius 1 is 1.71 bits per heavy atom. The molecule has 0 bridgehead atoms. The molecule has 1 saturated heterocycles. The van der Waals surface area contributed by atoms with Crippen LogP contribution in [-0.2, 0) is 9.53 Å². The van der Waals surface area contributed by atoms with Crippen molar-refractivity contribution in [2.24, 2.45) is 5.92 Å². The van der Waals surface area contributed by atoms with Gasteiger partial charge in [0, 0.05) is 6.54 Å². The molecule has 4 nitrogen and oxygen atoms in total. The number of hydrogen-bond donors (Lipinski definition) is 0. The summed E-state index contributed by atoms with van der Waals surface area (Å²) in [6.07, 6.45) is 1.93. The van der Waals surface area contributed by atoms with E-state index in [2.05, 4.69) is 10.8 Å². The van der Waals surface area contributed by atoms with Crippen LogP contribution in [0.1, 0.15) is 19.8 Å². The molecule has 0 aromatic heterocycles. The lowest BCUT2D eigenvalue weighted by atomic mass is 9.98. The molecular formula is C10H16N2O2. The summed E-state index contributed by atoms with van der Waals surface area (Å²) in [6.45, 7) is 3.40. The van der Waals surface area contributed by atoms with Crippen LogP contribution < -0.4 is 0 Å². The summed E-state index contributed by atoms with van der Waals surface area (Å²) in [5.74, 6) is -0.153. The number of nitrogens with zero attached hydrogens (tertiary/aromatic N) is 2. The zero-order chi connectivity index (χ0) is 10.6. The van der Waals surface area contributed by atoms with Gasteiger partial charge in [-0.3, -0.25) is 9.69 Å². The third-order valence-corrected chi connectivity index (χ3v) is 2.73. The van der Waals surface area contributed by atoms with Crippen molar-refractivity contribution in [3.8, 4) is 6.07 Å². The van der Waals surface area contributed by atoms with Crippen LogP contribution in [0, 0.1) is 17.2 Å². The van der Waals surface area contributed by atoms with Gasteiger partial charge in [-0.1, -0.05) is 0 Å². The van der Waals surface area contributed by atoms with Gasteiger partial charge in [0.05, 0.1) is 19.1 Å². The van der Waals surface area contributed by atoms with Gasteiger partial charge in [-0.05, 0) is 26.3 Å². The number of rotatable bonds is 2. The fourth-order valence-corrected chi connectivity index (χ4v) is 1.78. The fraction of sp³-hybridized carbons (Fsp3) is 0.800. The van der Waals surface area contributed by atoms with E-state index >= 15 is 0 Å². The second kappa shape index (κ2) is 4.97. The lowest BCUT2D eigenvalue weighted by Crippen LogP contribution is -2.45. The van der Waals surface area contributed by atoms with Crippen molar-refractivity contribution in [3.05, 3.63) is 0 Å². The minimum Gasteiger partial charge on any atom is -0.468 e. The molecule has 0 amide bonds.